The number of hydrogen-bond acceptors (Lipinski definition) is 6. The molecule has 0 atom stereocenters. The Morgan fingerprint density at radius 1 is 0.800 bits per heavy atom. The minimum atomic E-state index is -0.766. The summed E-state index contributed by atoms with van der Waals surface area (Å²) in [6, 6.07) is 0. The van der Waals surface area contributed by atoms with E-state index < -0.39 is 22.8 Å². The van der Waals surface area contributed by atoms with Gasteiger partial charge < -0.3 is 19.1 Å². The first-order chi connectivity index (χ1) is 9.12. The minimum Gasteiger partial charge on any atom is -0.461 e. The second kappa shape index (κ2) is 7.57. The lowest BCUT2D eigenvalue weighted by molar-refractivity contribution is -0.144. The van der Waals surface area contributed by atoms with Crippen molar-refractivity contribution in [3.05, 3.63) is 12.2 Å². The molecule has 0 radical (unpaired) electrons. The normalized spacial score (nSPS) is 12.0. The van der Waals surface area contributed by atoms with Crippen LogP contribution in [0.1, 0.15) is 27.7 Å². The van der Waals surface area contributed by atoms with Gasteiger partial charge in [0, 0.05) is 12.2 Å². The molecule has 0 rings (SSSR count). The van der Waals surface area contributed by atoms with E-state index in [1.165, 1.54) is 0 Å². The van der Waals surface area contributed by atoms with Gasteiger partial charge in [0.1, 0.15) is 25.8 Å². The first kappa shape index (κ1) is 18.0. The summed E-state index contributed by atoms with van der Waals surface area (Å²) in [6.07, 6.45) is 3.19. The van der Waals surface area contributed by atoms with Crippen LogP contribution in [0.3, 0.4) is 0 Å². The molecular weight excluding hydrogens is 264 g/mol. The molecule has 0 heterocycles. The fourth-order valence-corrected chi connectivity index (χ4v) is 0.815. The van der Waals surface area contributed by atoms with Crippen LogP contribution in [0.25, 0.3) is 0 Å². The average Bonchev–Trinajstić information content (AvgIpc) is 2.40. The summed E-state index contributed by atoms with van der Waals surface area (Å²) in [6.45, 7) is 6.32. The maximum absolute atomic E-state index is 11.3. The monoisotopic (exact) mass is 284 g/mol. The highest BCUT2D eigenvalue weighted by Gasteiger charge is 2.19. The van der Waals surface area contributed by atoms with E-state index in [-0.39, 0.29) is 13.2 Å². The van der Waals surface area contributed by atoms with Gasteiger partial charge in [0.25, 0.3) is 0 Å². The zero-order valence-electron chi connectivity index (χ0n) is 12.2. The molecule has 0 fully saturated rings. The van der Waals surface area contributed by atoms with Crippen molar-refractivity contribution < 1.29 is 28.7 Å². The largest absolute Gasteiger partial charge is 0.461 e. The number of hydrogen-bond donors (Lipinski definition) is 0. The van der Waals surface area contributed by atoms with Gasteiger partial charge in [0.15, 0.2) is 0 Å². The Bertz CT molecular complexity index is 368. The van der Waals surface area contributed by atoms with Crippen molar-refractivity contribution in [3.63, 3.8) is 0 Å². The quantitative estimate of drug-likeness (QED) is 0.376. The van der Waals surface area contributed by atoms with Crippen LogP contribution in [-0.4, -0.2) is 37.7 Å². The smallest absolute Gasteiger partial charge is 0.331 e. The first-order valence-corrected chi connectivity index (χ1v) is 6.06. The van der Waals surface area contributed by atoms with Gasteiger partial charge in [-0.3, -0.25) is 0 Å². The van der Waals surface area contributed by atoms with Crippen LogP contribution in [0.4, 0.5) is 0 Å². The van der Waals surface area contributed by atoms with Gasteiger partial charge in [-0.2, -0.15) is 0 Å². The number of rotatable bonds is 8. The second-order valence-corrected chi connectivity index (χ2v) is 5.76. The molecule has 0 aliphatic rings. The lowest BCUT2D eigenvalue weighted by Crippen LogP contribution is -2.23. The van der Waals surface area contributed by atoms with E-state index in [1.54, 1.807) is 27.7 Å². The van der Waals surface area contributed by atoms with E-state index in [0.29, 0.717) is 12.6 Å². The van der Waals surface area contributed by atoms with Crippen molar-refractivity contribution in [3.8, 4) is 0 Å². The fraction of sp³-hybridized carbons (Fsp3) is 0.571. The summed E-state index contributed by atoms with van der Waals surface area (Å²) in [7, 11) is 0. The van der Waals surface area contributed by atoms with E-state index in [1.807, 2.05) is 0 Å². The number of ether oxygens (including phenoxy) is 2. The van der Waals surface area contributed by atoms with Gasteiger partial charge in [-0.15, -0.1) is 0 Å². The van der Waals surface area contributed by atoms with Gasteiger partial charge in [0.05, 0.1) is 10.8 Å². The molecule has 0 saturated heterocycles. The summed E-state index contributed by atoms with van der Waals surface area (Å²) >= 11 is 0. The van der Waals surface area contributed by atoms with E-state index in [0.717, 1.165) is 12.2 Å². The second-order valence-electron chi connectivity index (χ2n) is 5.76. The van der Waals surface area contributed by atoms with Crippen LogP contribution in [0.15, 0.2) is 12.2 Å². The third kappa shape index (κ3) is 8.18. The Kier molecular flexibility index (Phi) is 6.82. The highest BCUT2D eigenvalue weighted by molar-refractivity contribution is 5.91. The van der Waals surface area contributed by atoms with Crippen LogP contribution in [0, 0.1) is 10.8 Å². The van der Waals surface area contributed by atoms with Gasteiger partial charge in [-0.25, -0.2) is 9.59 Å². The molecule has 6 nitrogen and oxygen atoms in total. The molecule has 0 aliphatic heterocycles. The zero-order chi connectivity index (χ0) is 15.8. The van der Waals surface area contributed by atoms with Crippen molar-refractivity contribution in [1.82, 2.24) is 0 Å². The van der Waals surface area contributed by atoms with Gasteiger partial charge in [0.2, 0.25) is 0 Å². The van der Waals surface area contributed by atoms with Crippen LogP contribution in [0.5, 0.6) is 0 Å². The maximum Gasteiger partial charge on any atom is 0.331 e. The van der Waals surface area contributed by atoms with Gasteiger partial charge >= 0.3 is 11.9 Å². The van der Waals surface area contributed by atoms with Crippen molar-refractivity contribution in [2.24, 2.45) is 10.8 Å². The zero-order valence-corrected chi connectivity index (χ0v) is 12.2. The molecule has 0 saturated carbocycles. The predicted molar refractivity (Wildman–Crippen MR) is 70.7 cm³/mol. The summed E-state index contributed by atoms with van der Waals surface area (Å²) in [5.41, 5.74) is -1.53. The van der Waals surface area contributed by atoms with Gasteiger partial charge in [-0.1, -0.05) is 0 Å². The number of carbonyl (C=O) groups is 4. The Labute approximate surface area is 118 Å². The van der Waals surface area contributed by atoms with E-state index in [9.17, 15) is 19.2 Å². The lowest BCUT2D eigenvalue weighted by atomic mass is 9.98. The molecule has 0 bridgehead atoms. The van der Waals surface area contributed by atoms with Crippen LogP contribution in [-0.2, 0) is 28.7 Å². The van der Waals surface area contributed by atoms with Gasteiger partial charge in [-0.05, 0) is 27.7 Å². The van der Waals surface area contributed by atoms with Crippen LogP contribution >= 0.6 is 0 Å². The maximum atomic E-state index is 11.3. The van der Waals surface area contributed by atoms with Crippen molar-refractivity contribution in [1.29, 1.82) is 0 Å². The number of esters is 2. The highest BCUT2D eigenvalue weighted by atomic mass is 16.5. The Hall–Kier alpha value is -1.98. The molecule has 0 unspecified atom stereocenters. The number of carbonyl (C=O) groups excluding carboxylic acids is 4. The average molecular weight is 284 g/mol. The molecule has 0 aromatic rings. The molecule has 0 aliphatic carbocycles. The molecular formula is C14H20O6. The van der Waals surface area contributed by atoms with Crippen molar-refractivity contribution in [2.45, 2.75) is 27.7 Å². The van der Waals surface area contributed by atoms with Crippen molar-refractivity contribution in [2.75, 3.05) is 13.2 Å². The van der Waals surface area contributed by atoms with E-state index in [2.05, 4.69) is 0 Å². The Morgan fingerprint density at radius 2 is 1.10 bits per heavy atom. The molecule has 0 aromatic carbocycles. The van der Waals surface area contributed by atoms with E-state index >= 15 is 0 Å². The summed E-state index contributed by atoms with van der Waals surface area (Å²) in [4.78, 5) is 43.8. The van der Waals surface area contributed by atoms with Crippen LogP contribution < -0.4 is 0 Å². The van der Waals surface area contributed by atoms with Crippen molar-refractivity contribution >= 4 is 24.5 Å². The topological polar surface area (TPSA) is 86.7 Å². The van der Waals surface area contributed by atoms with Crippen LogP contribution in [0.2, 0.25) is 0 Å². The number of aldehydes is 2. The molecule has 6 heteroatoms. The fourth-order valence-electron chi connectivity index (χ4n) is 0.815. The third-order valence-corrected chi connectivity index (χ3v) is 2.17. The highest BCUT2D eigenvalue weighted by Crippen LogP contribution is 2.12. The third-order valence-electron chi connectivity index (χ3n) is 2.17. The SMILES string of the molecule is CC(C)(C=O)COC(=O)/C=C\C(=O)OCC(C)(C)C=O. The first-order valence-electron chi connectivity index (χ1n) is 6.06. The predicted octanol–water partition coefficient (Wildman–Crippen LogP) is 1.08. The molecule has 20 heavy (non-hydrogen) atoms. The lowest BCUT2D eigenvalue weighted by Gasteiger charge is -2.16. The van der Waals surface area contributed by atoms with E-state index in [4.69, 9.17) is 9.47 Å². The Balaban J connectivity index is 4.16. The molecule has 0 spiro atoms. The standard InChI is InChI=1S/C14H20O6/c1-13(2,7-15)9-19-11(17)5-6-12(18)20-10-14(3,4)8-16/h5-8H,9-10H2,1-4H3/b6-5-. The Morgan fingerprint density at radius 3 is 1.35 bits per heavy atom. The summed E-state index contributed by atoms with van der Waals surface area (Å²) in [5.74, 6) is -1.49. The summed E-state index contributed by atoms with van der Waals surface area (Å²) < 4.78 is 9.59. The molecule has 0 amide bonds. The summed E-state index contributed by atoms with van der Waals surface area (Å²) in [5, 5.41) is 0. The molecule has 112 valence electrons. The molecule has 0 N–H and O–H groups in total. The minimum absolute atomic E-state index is 0.0765. The molecule has 0 aromatic heterocycles.